The molecular weight excluding hydrogens is 296 g/mol. The van der Waals surface area contributed by atoms with Crippen LogP contribution in [0.5, 0.6) is 11.5 Å². The molecule has 0 radical (unpaired) electrons. The van der Waals surface area contributed by atoms with E-state index in [1.807, 2.05) is 0 Å². The number of aliphatic hydroxyl groups is 1. The molecular formula is C18H18O5. The van der Waals surface area contributed by atoms with Gasteiger partial charge in [-0.1, -0.05) is 12.1 Å². The van der Waals surface area contributed by atoms with Gasteiger partial charge in [0, 0.05) is 12.7 Å². The van der Waals surface area contributed by atoms with Gasteiger partial charge in [0.15, 0.2) is 12.6 Å². The van der Waals surface area contributed by atoms with Crippen molar-refractivity contribution in [3.05, 3.63) is 59.7 Å². The second kappa shape index (κ2) is 6.02. The molecule has 23 heavy (non-hydrogen) atoms. The maximum absolute atomic E-state index is 12.5. The topological polar surface area (TPSA) is 65.0 Å². The van der Waals surface area contributed by atoms with E-state index in [1.165, 1.54) is 7.11 Å². The molecule has 0 saturated carbocycles. The highest BCUT2D eigenvalue weighted by molar-refractivity contribution is 6.01. The van der Waals surface area contributed by atoms with Crippen LogP contribution in [0, 0.1) is 5.92 Å². The summed E-state index contributed by atoms with van der Waals surface area (Å²) in [7, 11) is 1.54. The lowest BCUT2D eigenvalue weighted by molar-refractivity contribution is -0.176. The number of benzene rings is 2. The van der Waals surface area contributed by atoms with Crippen LogP contribution in [0.4, 0.5) is 0 Å². The van der Waals surface area contributed by atoms with Crippen LogP contribution in [0.25, 0.3) is 0 Å². The van der Waals surface area contributed by atoms with Gasteiger partial charge in [-0.25, -0.2) is 0 Å². The predicted molar refractivity (Wildman–Crippen MR) is 83.4 cm³/mol. The van der Waals surface area contributed by atoms with Crippen molar-refractivity contribution in [1.82, 2.24) is 0 Å². The number of fused-ring (bicyclic) bond motifs is 1. The summed E-state index contributed by atoms with van der Waals surface area (Å²) in [6.45, 7) is 1.80. The minimum absolute atomic E-state index is 0.141. The van der Waals surface area contributed by atoms with Crippen LogP contribution in [0.1, 0.15) is 22.8 Å². The van der Waals surface area contributed by atoms with E-state index in [0.717, 1.165) is 0 Å². The van der Waals surface area contributed by atoms with E-state index in [9.17, 15) is 9.90 Å². The van der Waals surface area contributed by atoms with Crippen molar-refractivity contribution >= 4 is 5.78 Å². The molecule has 1 N–H and O–H groups in total. The molecule has 1 heterocycles. The van der Waals surface area contributed by atoms with Gasteiger partial charge in [-0.15, -0.1) is 0 Å². The second-order valence-electron chi connectivity index (χ2n) is 5.46. The summed E-state index contributed by atoms with van der Waals surface area (Å²) in [6.07, 6.45) is 0. The summed E-state index contributed by atoms with van der Waals surface area (Å²) < 4.78 is 15.9. The van der Waals surface area contributed by atoms with Gasteiger partial charge in [0.05, 0.1) is 11.5 Å². The highest BCUT2D eigenvalue weighted by atomic mass is 16.7. The Kier molecular flexibility index (Phi) is 4.07. The van der Waals surface area contributed by atoms with Gasteiger partial charge < -0.3 is 19.3 Å². The molecule has 2 aromatic rings. The lowest BCUT2D eigenvalue weighted by Gasteiger charge is -2.38. The number of carbonyl (C=O) groups excluding carboxylic acids is 1. The van der Waals surface area contributed by atoms with Crippen LogP contribution in [-0.4, -0.2) is 24.8 Å². The molecule has 1 aliphatic heterocycles. The lowest BCUT2D eigenvalue weighted by Crippen LogP contribution is -2.46. The molecule has 2 atom stereocenters. The SMILES string of the molecule is COCOc1ccc([C@]2(O)Oc3ccccc3C(=O)[C@H]2C)cc1. The molecule has 5 heteroatoms. The number of Topliss-reactive ketones (excluding diaryl/α,β-unsaturated/α-hetero) is 1. The van der Waals surface area contributed by atoms with E-state index in [0.29, 0.717) is 22.6 Å². The Morgan fingerprint density at radius 2 is 1.87 bits per heavy atom. The average molecular weight is 314 g/mol. The van der Waals surface area contributed by atoms with Crippen LogP contribution in [-0.2, 0) is 10.5 Å². The van der Waals surface area contributed by atoms with Gasteiger partial charge in [0.1, 0.15) is 11.5 Å². The fourth-order valence-corrected chi connectivity index (χ4v) is 2.65. The molecule has 0 amide bonds. The van der Waals surface area contributed by atoms with Gasteiger partial charge in [-0.2, -0.15) is 0 Å². The number of ketones is 1. The standard InChI is InChI=1S/C18H18O5/c1-12-17(19)15-5-3-4-6-16(15)23-18(12,20)13-7-9-14(10-8-13)22-11-21-2/h3-10,12,20H,11H2,1-2H3/t12-,18-/m1/s1. The number of hydrogen-bond acceptors (Lipinski definition) is 5. The molecule has 120 valence electrons. The zero-order chi connectivity index (χ0) is 16.4. The molecule has 0 aliphatic carbocycles. The van der Waals surface area contributed by atoms with Crippen molar-refractivity contribution in [2.75, 3.05) is 13.9 Å². The van der Waals surface area contributed by atoms with Crippen LogP contribution >= 0.6 is 0 Å². The predicted octanol–water partition coefficient (Wildman–Crippen LogP) is 2.73. The van der Waals surface area contributed by atoms with Crippen LogP contribution < -0.4 is 9.47 Å². The summed E-state index contributed by atoms with van der Waals surface area (Å²) in [6, 6.07) is 13.7. The number of carbonyl (C=O) groups is 1. The second-order valence-corrected chi connectivity index (χ2v) is 5.46. The normalized spacial score (nSPS) is 23.1. The first-order valence-corrected chi connectivity index (χ1v) is 7.33. The number of methoxy groups -OCH3 is 1. The van der Waals surface area contributed by atoms with Crippen molar-refractivity contribution in [2.24, 2.45) is 5.92 Å². The van der Waals surface area contributed by atoms with E-state index in [1.54, 1.807) is 55.5 Å². The van der Waals surface area contributed by atoms with Crippen LogP contribution in [0.2, 0.25) is 0 Å². The van der Waals surface area contributed by atoms with E-state index in [4.69, 9.17) is 14.2 Å². The Labute approximate surface area is 134 Å². The number of rotatable bonds is 4. The molecule has 0 spiro atoms. The van der Waals surface area contributed by atoms with Crippen LogP contribution in [0.3, 0.4) is 0 Å². The van der Waals surface area contributed by atoms with Crippen molar-refractivity contribution in [1.29, 1.82) is 0 Å². The monoisotopic (exact) mass is 314 g/mol. The molecule has 3 rings (SSSR count). The van der Waals surface area contributed by atoms with Gasteiger partial charge in [0.2, 0.25) is 5.79 Å². The maximum atomic E-state index is 12.5. The third-order valence-corrected chi connectivity index (χ3v) is 4.01. The summed E-state index contributed by atoms with van der Waals surface area (Å²) in [5.41, 5.74) is 0.988. The molecule has 0 fully saturated rings. The summed E-state index contributed by atoms with van der Waals surface area (Å²) in [5.74, 6) is -1.57. The van der Waals surface area contributed by atoms with Crippen molar-refractivity contribution in [3.63, 3.8) is 0 Å². The first-order valence-electron chi connectivity index (χ1n) is 7.33. The summed E-state index contributed by atoms with van der Waals surface area (Å²) >= 11 is 0. The number of ether oxygens (including phenoxy) is 3. The molecule has 5 nitrogen and oxygen atoms in total. The van der Waals surface area contributed by atoms with Crippen LogP contribution in [0.15, 0.2) is 48.5 Å². The van der Waals surface area contributed by atoms with Crippen molar-refractivity contribution < 1.29 is 24.1 Å². The number of para-hydroxylation sites is 1. The van der Waals surface area contributed by atoms with Gasteiger partial charge in [-0.05, 0) is 43.3 Å². The molecule has 0 bridgehead atoms. The van der Waals surface area contributed by atoms with E-state index in [-0.39, 0.29) is 12.6 Å². The van der Waals surface area contributed by atoms with E-state index in [2.05, 4.69) is 0 Å². The largest absolute Gasteiger partial charge is 0.468 e. The number of hydrogen-bond donors (Lipinski definition) is 1. The first kappa shape index (κ1) is 15.5. The minimum atomic E-state index is -1.70. The minimum Gasteiger partial charge on any atom is -0.468 e. The Bertz CT molecular complexity index is 710. The fraction of sp³-hybridized carbons (Fsp3) is 0.278. The van der Waals surface area contributed by atoms with Gasteiger partial charge in [-0.3, -0.25) is 4.79 Å². The van der Waals surface area contributed by atoms with Gasteiger partial charge in [0.25, 0.3) is 0 Å². The molecule has 2 aromatic carbocycles. The molecule has 0 aromatic heterocycles. The van der Waals surface area contributed by atoms with Crippen molar-refractivity contribution in [3.8, 4) is 11.5 Å². The van der Waals surface area contributed by atoms with Gasteiger partial charge >= 0.3 is 0 Å². The van der Waals surface area contributed by atoms with Crippen molar-refractivity contribution in [2.45, 2.75) is 12.7 Å². The highest BCUT2D eigenvalue weighted by Gasteiger charge is 2.47. The average Bonchev–Trinajstić information content (AvgIpc) is 2.58. The Balaban J connectivity index is 1.93. The highest BCUT2D eigenvalue weighted by Crippen LogP contribution is 2.41. The summed E-state index contributed by atoms with van der Waals surface area (Å²) in [5, 5.41) is 11.0. The van der Waals surface area contributed by atoms with E-state index >= 15 is 0 Å². The molecule has 1 aliphatic rings. The molecule has 0 unspecified atom stereocenters. The third kappa shape index (κ3) is 2.69. The first-order chi connectivity index (χ1) is 11.1. The summed E-state index contributed by atoms with van der Waals surface area (Å²) in [4.78, 5) is 12.5. The third-order valence-electron chi connectivity index (χ3n) is 4.01. The molecule has 0 saturated heterocycles. The smallest absolute Gasteiger partial charge is 0.244 e. The Morgan fingerprint density at radius 1 is 1.17 bits per heavy atom. The zero-order valence-electron chi connectivity index (χ0n) is 13.0. The Hall–Kier alpha value is -2.37. The quantitative estimate of drug-likeness (QED) is 0.879. The zero-order valence-corrected chi connectivity index (χ0v) is 13.0. The maximum Gasteiger partial charge on any atom is 0.244 e. The lowest BCUT2D eigenvalue weighted by atomic mass is 9.84. The fourth-order valence-electron chi connectivity index (χ4n) is 2.65. The Morgan fingerprint density at radius 3 is 2.57 bits per heavy atom. The van der Waals surface area contributed by atoms with E-state index < -0.39 is 11.7 Å².